The third-order valence-corrected chi connectivity index (χ3v) is 6.38. The summed E-state index contributed by atoms with van der Waals surface area (Å²) in [4.78, 5) is 29.9. The summed E-state index contributed by atoms with van der Waals surface area (Å²) in [5, 5.41) is 0.738. The number of amides is 2. The highest BCUT2D eigenvalue weighted by Gasteiger charge is 2.24. The molecular weight excluding hydrogens is 446 g/mol. The van der Waals surface area contributed by atoms with Crippen LogP contribution in [-0.2, 0) is 22.7 Å². The summed E-state index contributed by atoms with van der Waals surface area (Å²) in [6.45, 7) is 12.3. The Morgan fingerprint density at radius 3 is 2.35 bits per heavy atom. The monoisotopic (exact) mass is 487 g/mol. The lowest BCUT2D eigenvalue weighted by Crippen LogP contribution is -2.46. The smallest absolute Gasteiger partial charge is 0.242 e. The first-order chi connectivity index (χ1) is 16.2. The number of hydrogen-bond donors (Lipinski definition) is 0. The van der Waals surface area contributed by atoms with E-state index in [9.17, 15) is 9.59 Å². The van der Waals surface area contributed by atoms with Crippen LogP contribution in [0.4, 0.5) is 0 Å². The number of rotatable bonds is 14. The van der Waals surface area contributed by atoms with E-state index in [0.29, 0.717) is 32.0 Å². The van der Waals surface area contributed by atoms with E-state index in [-0.39, 0.29) is 24.4 Å². The molecule has 5 nitrogen and oxygen atoms in total. The largest absolute Gasteiger partial charge is 0.345 e. The van der Waals surface area contributed by atoms with Gasteiger partial charge in [-0.2, -0.15) is 0 Å². The second-order valence-corrected chi connectivity index (χ2v) is 10.2. The Balaban J connectivity index is 2.11. The Hall–Kier alpha value is -2.27. The molecule has 0 saturated heterocycles. The molecule has 0 aliphatic heterocycles. The molecule has 0 saturated carbocycles. The van der Waals surface area contributed by atoms with Crippen LogP contribution in [0.15, 0.2) is 42.6 Å². The fraction of sp³-hybridized carbons (Fsp3) is 0.571. The lowest BCUT2D eigenvalue weighted by atomic mass is 10.1. The van der Waals surface area contributed by atoms with E-state index in [1.54, 1.807) is 4.90 Å². The summed E-state index contributed by atoms with van der Waals surface area (Å²) < 4.78 is 2.14. The Bertz CT molecular complexity index is 907. The van der Waals surface area contributed by atoms with Crippen molar-refractivity contribution in [2.24, 2.45) is 5.92 Å². The number of aromatic nitrogens is 1. The number of unbranched alkanes of at least 4 members (excludes halogenated alkanes) is 3. The number of halogens is 1. The second-order valence-electron chi connectivity index (χ2n) is 9.81. The van der Waals surface area contributed by atoms with Gasteiger partial charge in [-0.1, -0.05) is 69.8 Å². The normalized spacial score (nSPS) is 11.3. The number of benzene rings is 1. The van der Waals surface area contributed by atoms with Crippen molar-refractivity contribution in [3.63, 3.8) is 0 Å². The standard InChI is InChI=1S/C28H42ClN3O2/c1-6-7-8-9-16-27(33)32(23(4)5)21-28(34)31(18-22(2)3)20-25-14-12-17-30(25)19-24-13-10-11-15-26(24)29/h10-15,17,22-23H,6-9,16,18-21H2,1-5H3. The minimum absolute atomic E-state index is 0.00481. The van der Waals surface area contributed by atoms with Gasteiger partial charge in [0.2, 0.25) is 11.8 Å². The first-order valence-corrected chi connectivity index (χ1v) is 13.0. The van der Waals surface area contributed by atoms with Crippen LogP contribution in [0.2, 0.25) is 5.02 Å². The van der Waals surface area contributed by atoms with E-state index >= 15 is 0 Å². The van der Waals surface area contributed by atoms with Crippen LogP contribution >= 0.6 is 11.6 Å². The van der Waals surface area contributed by atoms with Crippen LogP contribution in [-0.4, -0.2) is 45.3 Å². The molecule has 0 aliphatic carbocycles. The average Bonchev–Trinajstić information content (AvgIpc) is 3.21. The molecule has 0 radical (unpaired) electrons. The van der Waals surface area contributed by atoms with Crippen LogP contribution < -0.4 is 0 Å². The molecule has 34 heavy (non-hydrogen) atoms. The predicted octanol–water partition coefficient (Wildman–Crippen LogP) is 6.38. The highest BCUT2D eigenvalue weighted by Crippen LogP contribution is 2.19. The van der Waals surface area contributed by atoms with Gasteiger partial charge in [-0.25, -0.2) is 0 Å². The van der Waals surface area contributed by atoms with Crippen molar-refractivity contribution in [3.05, 3.63) is 58.9 Å². The van der Waals surface area contributed by atoms with Gasteiger partial charge in [-0.3, -0.25) is 9.59 Å². The fourth-order valence-corrected chi connectivity index (χ4v) is 4.29. The zero-order chi connectivity index (χ0) is 25.1. The summed E-state index contributed by atoms with van der Waals surface area (Å²) in [5.74, 6) is 0.397. The first-order valence-electron chi connectivity index (χ1n) is 12.7. The molecule has 2 rings (SSSR count). The van der Waals surface area contributed by atoms with Crippen LogP contribution in [0.1, 0.15) is 78.0 Å². The zero-order valence-electron chi connectivity index (χ0n) is 21.6. The molecule has 0 spiro atoms. The molecule has 2 aromatic rings. The molecule has 0 unspecified atom stereocenters. The molecule has 0 bridgehead atoms. The van der Waals surface area contributed by atoms with E-state index < -0.39 is 0 Å². The number of nitrogens with zero attached hydrogens (tertiary/aromatic N) is 3. The van der Waals surface area contributed by atoms with Gasteiger partial charge >= 0.3 is 0 Å². The molecule has 0 fully saturated rings. The van der Waals surface area contributed by atoms with Crippen LogP contribution in [0.3, 0.4) is 0 Å². The molecule has 0 aliphatic rings. The Morgan fingerprint density at radius 1 is 0.971 bits per heavy atom. The summed E-state index contributed by atoms with van der Waals surface area (Å²) in [7, 11) is 0. The fourth-order valence-electron chi connectivity index (χ4n) is 4.10. The summed E-state index contributed by atoms with van der Waals surface area (Å²) in [5.41, 5.74) is 2.10. The lowest BCUT2D eigenvalue weighted by molar-refractivity contribution is -0.142. The SMILES string of the molecule is CCCCCCC(=O)N(CC(=O)N(Cc1cccn1Cc1ccccc1Cl)CC(C)C)C(C)C. The van der Waals surface area contributed by atoms with Gasteiger partial charge in [0.25, 0.3) is 0 Å². The van der Waals surface area contributed by atoms with E-state index in [4.69, 9.17) is 11.6 Å². The van der Waals surface area contributed by atoms with Crippen molar-refractivity contribution in [3.8, 4) is 0 Å². The van der Waals surface area contributed by atoms with Gasteiger partial charge in [-0.15, -0.1) is 0 Å². The van der Waals surface area contributed by atoms with Gasteiger partial charge in [0.15, 0.2) is 0 Å². The summed E-state index contributed by atoms with van der Waals surface area (Å²) >= 11 is 6.37. The minimum Gasteiger partial charge on any atom is -0.345 e. The van der Waals surface area contributed by atoms with Gasteiger partial charge in [-0.05, 0) is 49.9 Å². The third kappa shape index (κ3) is 8.83. The van der Waals surface area contributed by atoms with Crippen molar-refractivity contribution in [2.75, 3.05) is 13.1 Å². The van der Waals surface area contributed by atoms with E-state index in [2.05, 4.69) is 31.4 Å². The number of carbonyl (C=O) groups is 2. The Labute approximate surface area is 211 Å². The maximum Gasteiger partial charge on any atom is 0.242 e. The van der Waals surface area contributed by atoms with Crippen molar-refractivity contribution in [1.29, 1.82) is 0 Å². The van der Waals surface area contributed by atoms with Gasteiger partial charge in [0.05, 0.1) is 13.1 Å². The Kier molecular flexibility index (Phi) is 11.7. The number of hydrogen-bond acceptors (Lipinski definition) is 2. The van der Waals surface area contributed by atoms with Crippen molar-refractivity contribution in [2.45, 2.75) is 85.9 Å². The predicted molar refractivity (Wildman–Crippen MR) is 141 cm³/mol. The lowest BCUT2D eigenvalue weighted by Gasteiger charge is -2.31. The maximum absolute atomic E-state index is 13.4. The Morgan fingerprint density at radius 2 is 1.71 bits per heavy atom. The molecule has 2 amide bonds. The van der Waals surface area contributed by atoms with E-state index in [0.717, 1.165) is 42.0 Å². The van der Waals surface area contributed by atoms with E-state index in [1.165, 1.54) is 0 Å². The summed E-state index contributed by atoms with van der Waals surface area (Å²) in [6.07, 6.45) is 6.76. The molecular formula is C28H42ClN3O2. The molecule has 6 heteroatoms. The van der Waals surface area contributed by atoms with E-state index in [1.807, 2.05) is 55.3 Å². The molecule has 1 aromatic heterocycles. The molecule has 0 N–H and O–H groups in total. The second kappa shape index (κ2) is 14.2. The van der Waals surface area contributed by atoms with Gasteiger partial charge in [0, 0.05) is 42.5 Å². The first kappa shape index (κ1) is 28.0. The summed E-state index contributed by atoms with van der Waals surface area (Å²) in [6, 6.07) is 11.9. The van der Waals surface area contributed by atoms with Crippen LogP contribution in [0.25, 0.3) is 0 Å². The number of carbonyl (C=O) groups excluding carboxylic acids is 2. The van der Waals surface area contributed by atoms with Crippen molar-refractivity contribution < 1.29 is 9.59 Å². The topological polar surface area (TPSA) is 45.6 Å². The highest BCUT2D eigenvalue weighted by atomic mass is 35.5. The zero-order valence-corrected chi connectivity index (χ0v) is 22.4. The minimum atomic E-state index is -0.00684. The average molecular weight is 488 g/mol. The molecule has 1 aromatic carbocycles. The van der Waals surface area contributed by atoms with Crippen LogP contribution in [0, 0.1) is 5.92 Å². The van der Waals surface area contributed by atoms with Crippen molar-refractivity contribution >= 4 is 23.4 Å². The maximum atomic E-state index is 13.4. The molecule has 188 valence electrons. The van der Waals surface area contributed by atoms with Crippen molar-refractivity contribution in [1.82, 2.24) is 14.4 Å². The third-order valence-electron chi connectivity index (χ3n) is 6.01. The quantitative estimate of drug-likeness (QED) is 0.290. The highest BCUT2D eigenvalue weighted by molar-refractivity contribution is 6.31. The van der Waals surface area contributed by atoms with Crippen LogP contribution in [0.5, 0.6) is 0 Å². The van der Waals surface area contributed by atoms with Gasteiger partial charge < -0.3 is 14.4 Å². The molecule has 0 atom stereocenters. The molecule has 1 heterocycles. The van der Waals surface area contributed by atoms with Gasteiger partial charge in [0.1, 0.15) is 0 Å².